The molecule has 4 rings (SSSR count). The Labute approximate surface area is 176 Å². The Balaban J connectivity index is 1.47. The van der Waals surface area contributed by atoms with E-state index in [1.54, 1.807) is 12.1 Å². The molecule has 0 saturated heterocycles. The number of nitrogens with one attached hydrogen (secondary N) is 2. The third-order valence-corrected chi connectivity index (χ3v) is 7.27. The highest BCUT2D eigenvalue weighted by atomic mass is 35.5. The Morgan fingerprint density at radius 2 is 1.79 bits per heavy atom. The first-order chi connectivity index (χ1) is 13.9. The van der Waals surface area contributed by atoms with E-state index in [9.17, 15) is 13.2 Å². The normalized spacial score (nSPS) is 11.6. The summed E-state index contributed by atoms with van der Waals surface area (Å²) in [6.45, 7) is 0.0538. The number of anilines is 1. The van der Waals surface area contributed by atoms with Crippen molar-refractivity contribution in [3.63, 3.8) is 0 Å². The minimum atomic E-state index is -3.70. The molecule has 0 saturated carbocycles. The molecule has 2 heterocycles. The van der Waals surface area contributed by atoms with Crippen LogP contribution in [-0.4, -0.2) is 14.3 Å². The van der Waals surface area contributed by atoms with E-state index in [0.29, 0.717) is 21.3 Å². The Bertz CT molecular complexity index is 1260. The van der Waals surface area contributed by atoms with E-state index in [0.717, 1.165) is 10.1 Å². The molecule has 29 heavy (non-hydrogen) atoms. The molecule has 0 radical (unpaired) electrons. The highest BCUT2D eigenvalue weighted by molar-refractivity contribution is 7.89. The van der Waals surface area contributed by atoms with Crippen molar-refractivity contribution in [2.45, 2.75) is 11.4 Å². The number of halogens is 1. The molecule has 148 valence electrons. The predicted octanol–water partition coefficient (Wildman–Crippen LogP) is 4.88. The van der Waals surface area contributed by atoms with Crippen LogP contribution in [0.1, 0.15) is 15.4 Å². The van der Waals surface area contributed by atoms with E-state index < -0.39 is 10.0 Å². The van der Waals surface area contributed by atoms with Crippen LogP contribution in [0.25, 0.3) is 10.1 Å². The zero-order chi connectivity index (χ0) is 20.4. The number of hydrogen-bond donors (Lipinski definition) is 2. The lowest BCUT2D eigenvalue weighted by molar-refractivity contribution is 0.103. The van der Waals surface area contributed by atoms with Gasteiger partial charge in [-0.1, -0.05) is 29.8 Å². The van der Waals surface area contributed by atoms with Crippen LogP contribution >= 0.6 is 22.9 Å². The second-order valence-corrected chi connectivity index (χ2v) is 9.32. The number of fused-ring (bicyclic) bond motifs is 1. The van der Waals surface area contributed by atoms with Crippen molar-refractivity contribution in [2.24, 2.45) is 0 Å². The Morgan fingerprint density at radius 3 is 2.48 bits per heavy atom. The molecule has 2 aromatic carbocycles. The van der Waals surface area contributed by atoms with E-state index in [-0.39, 0.29) is 17.3 Å². The minimum absolute atomic E-state index is 0.0538. The van der Waals surface area contributed by atoms with Gasteiger partial charge >= 0.3 is 0 Å². The first kappa shape index (κ1) is 19.7. The van der Waals surface area contributed by atoms with Gasteiger partial charge in [-0.25, -0.2) is 13.1 Å². The van der Waals surface area contributed by atoms with Crippen molar-refractivity contribution in [1.82, 2.24) is 4.72 Å². The summed E-state index contributed by atoms with van der Waals surface area (Å²) in [5.74, 6) is 0.167. The lowest BCUT2D eigenvalue weighted by atomic mass is 10.2. The van der Waals surface area contributed by atoms with Gasteiger partial charge in [-0.05, 0) is 42.5 Å². The van der Waals surface area contributed by atoms with Crippen molar-refractivity contribution in [1.29, 1.82) is 0 Å². The van der Waals surface area contributed by atoms with Crippen LogP contribution in [0.3, 0.4) is 0 Å². The monoisotopic (exact) mass is 446 g/mol. The van der Waals surface area contributed by atoms with Gasteiger partial charge in [0.05, 0.1) is 22.7 Å². The molecule has 2 aromatic heterocycles. The van der Waals surface area contributed by atoms with Crippen molar-refractivity contribution in [3.05, 3.63) is 82.6 Å². The fraction of sp³-hybridized carbons (Fsp3) is 0.0500. The molecule has 0 bridgehead atoms. The topological polar surface area (TPSA) is 88.4 Å². The summed E-state index contributed by atoms with van der Waals surface area (Å²) < 4.78 is 33.2. The second-order valence-electron chi connectivity index (χ2n) is 6.12. The summed E-state index contributed by atoms with van der Waals surface area (Å²) in [6, 6.07) is 16.8. The van der Waals surface area contributed by atoms with Gasteiger partial charge in [-0.15, -0.1) is 11.3 Å². The molecule has 1 amide bonds. The third-order valence-electron chi connectivity index (χ3n) is 4.18. The number of rotatable bonds is 6. The number of hydrogen-bond acceptors (Lipinski definition) is 5. The Hall–Kier alpha value is -2.65. The largest absolute Gasteiger partial charge is 0.468 e. The van der Waals surface area contributed by atoms with Gasteiger partial charge in [-0.3, -0.25) is 4.79 Å². The maximum Gasteiger partial charge on any atom is 0.267 e. The summed E-state index contributed by atoms with van der Waals surface area (Å²) in [4.78, 5) is 13.1. The zero-order valence-corrected chi connectivity index (χ0v) is 17.3. The lowest BCUT2D eigenvalue weighted by Gasteiger charge is -2.08. The number of amides is 1. The first-order valence-corrected chi connectivity index (χ1v) is 11.2. The number of carbonyl (C=O) groups excluding carboxylic acids is 1. The highest BCUT2D eigenvalue weighted by Gasteiger charge is 2.18. The number of benzene rings is 2. The van der Waals surface area contributed by atoms with Gasteiger partial charge in [0.25, 0.3) is 5.91 Å². The van der Waals surface area contributed by atoms with Crippen LogP contribution in [-0.2, 0) is 16.6 Å². The van der Waals surface area contributed by atoms with Crippen molar-refractivity contribution >= 4 is 54.6 Å². The maximum absolute atomic E-state index is 12.6. The fourth-order valence-corrected chi connectivity index (χ4v) is 5.13. The summed E-state index contributed by atoms with van der Waals surface area (Å²) in [7, 11) is -3.70. The molecule has 0 fully saturated rings. The first-order valence-electron chi connectivity index (χ1n) is 8.54. The quantitative estimate of drug-likeness (QED) is 0.442. The Morgan fingerprint density at radius 1 is 1.03 bits per heavy atom. The van der Waals surface area contributed by atoms with E-state index in [1.165, 1.54) is 41.9 Å². The molecule has 4 aromatic rings. The van der Waals surface area contributed by atoms with Crippen LogP contribution in [0.15, 0.2) is 76.2 Å². The summed E-state index contributed by atoms with van der Waals surface area (Å²) >= 11 is 7.64. The SMILES string of the molecule is O=C(Nc1ccc(S(=O)(=O)NCc2ccco2)cc1)c1sc2ccccc2c1Cl. The average Bonchev–Trinajstić information content (AvgIpc) is 3.35. The van der Waals surface area contributed by atoms with Crippen molar-refractivity contribution < 1.29 is 17.6 Å². The van der Waals surface area contributed by atoms with E-state index in [1.807, 2.05) is 24.3 Å². The average molecular weight is 447 g/mol. The van der Waals surface area contributed by atoms with E-state index in [4.69, 9.17) is 16.0 Å². The van der Waals surface area contributed by atoms with Crippen LogP contribution in [0.5, 0.6) is 0 Å². The molecule has 0 aliphatic carbocycles. The number of thiophene rings is 1. The molecule has 0 aliphatic heterocycles. The van der Waals surface area contributed by atoms with Crippen LogP contribution < -0.4 is 10.0 Å². The fourth-order valence-electron chi connectivity index (χ4n) is 2.73. The molecule has 0 unspecified atom stereocenters. The number of furan rings is 1. The second kappa shape index (κ2) is 8.00. The smallest absolute Gasteiger partial charge is 0.267 e. The molecule has 0 aliphatic rings. The van der Waals surface area contributed by atoms with Crippen LogP contribution in [0.2, 0.25) is 5.02 Å². The number of carbonyl (C=O) groups is 1. The van der Waals surface area contributed by atoms with Gasteiger partial charge in [-0.2, -0.15) is 0 Å². The standard InChI is InChI=1S/C20H15ClN2O4S2/c21-18-16-5-1-2-6-17(16)28-19(18)20(24)23-13-7-9-15(10-8-13)29(25,26)22-12-14-4-3-11-27-14/h1-11,22H,12H2,(H,23,24). The third kappa shape index (κ3) is 4.20. The zero-order valence-electron chi connectivity index (χ0n) is 14.9. The maximum atomic E-state index is 12.6. The summed E-state index contributed by atoms with van der Waals surface area (Å²) in [5, 5.41) is 3.98. The van der Waals surface area contributed by atoms with Crippen LogP contribution in [0, 0.1) is 0 Å². The minimum Gasteiger partial charge on any atom is -0.468 e. The van der Waals surface area contributed by atoms with Gasteiger partial charge in [0.15, 0.2) is 0 Å². The van der Waals surface area contributed by atoms with E-state index in [2.05, 4.69) is 10.0 Å². The number of sulfonamides is 1. The highest BCUT2D eigenvalue weighted by Crippen LogP contribution is 2.35. The molecule has 2 N–H and O–H groups in total. The van der Waals surface area contributed by atoms with Crippen molar-refractivity contribution in [3.8, 4) is 0 Å². The van der Waals surface area contributed by atoms with Gasteiger partial charge in [0, 0.05) is 15.8 Å². The van der Waals surface area contributed by atoms with Crippen LogP contribution in [0.4, 0.5) is 5.69 Å². The molecule has 0 atom stereocenters. The molecular formula is C20H15ClN2O4S2. The Kier molecular flexibility index (Phi) is 5.42. The van der Waals surface area contributed by atoms with Gasteiger partial charge in [0.2, 0.25) is 10.0 Å². The van der Waals surface area contributed by atoms with E-state index >= 15 is 0 Å². The molecule has 6 nitrogen and oxygen atoms in total. The van der Waals surface area contributed by atoms with Gasteiger partial charge in [0.1, 0.15) is 10.6 Å². The predicted molar refractivity (Wildman–Crippen MR) is 114 cm³/mol. The summed E-state index contributed by atoms with van der Waals surface area (Å²) in [6.07, 6.45) is 1.48. The van der Waals surface area contributed by atoms with Gasteiger partial charge < -0.3 is 9.73 Å². The molecule has 9 heteroatoms. The lowest BCUT2D eigenvalue weighted by Crippen LogP contribution is -2.23. The molecular weight excluding hydrogens is 432 g/mol. The van der Waals surface area contributed by atoms with Crippen molar-refractivity contribution in [2.75, 3.05) is 5.32 Å². The molecule has 0 spiro atoms. The summed E-state index contributed by atoms with van der Waals surface area (Å²) in [5.41, 5.74) is 0.466.